The molecular formula is C69H60BBr2IO4. The van der Waals surface area contributed by atoms with Crippen LogP contribution in [0.1, 0.15) is 64.8 Å². The second-order valence-corrected chi connectivity index (χ2v) is 20.8. The number of aliphatic hydroxyl groups is 1. The third-order valence-corrected chi connectivity index (χ3v) is 14.2. The number of rotatable bonds is 10. The summed E-state index contributed by atoms with van der Waals surface area (Å²) in [5.74, 6) is 0. The van der Waals surface area contributed by atoms with Gasteiger partial charge in [0.15, 0.2) is 6.29 Å². The number of hydrogen-bond donors (Lipinski definition) is 3. The Morgan fingerprint density at radius 2 is 0.636 bits per heavy atom. The van der Waals surface area contributed by atoms with Crippen molar-refractivity contribution >= 4 is 89.3 Å². The molecule has 1 aliphatic heterocycles. The molecule has 0 bridgehead atoms. The van der Waals surface area contributed by atoms with Gasteiger partial charge in [-0.15, -0.1) is 0 Å². The summed E-state index contributed by atoms with van der Waals surface area (Å²) in [7, 11) is -1.48. The summed E-state index contributed by atoms with van der Waals surface area (Å²) in [6.45, 7) is 0.737. The van der Waals surface area contributed by atoms with Gasteiger partial charge in [-0.3, -0.25) is 0 Å². The van der Waals surface area contributed by atoms with Crippen LogP contribution >= 0.6 is 54.5 Å². The molecule has 1 atom stereocenters. The molecule has 10 aromatic carbocycles. The molecule has 0 aromatic heterocycles. The highest BCUT2D eigenvalue weighted by Crippen LogP contribution is 2.39. The smallest absolute Gasteiger partial charge is 0.423 e. The first kappa shape index (κ1) is 58.0. The number of benzene rings is 10. The third kappa shape index (κ3) is 16.9. The van der Waals surface area contributed by atoms with Crippen molar-refractivity contribution in [2.24, 2.45) is 0 Å². The summed E-state index contributed by atoms with van der Waals surface area (Å²) in [4.78, 5) is 0. The molecule has 1 unspecified atom stereocenters. The Balaban J connectivity index is 0.000000177. The normalized spacial score (nSPS) is 12.1. The predicted octanol–water partition coefficient (Wildman–Crippen LogP) is 17.3. The van der Waals surface area contributed by atoms with Crippen molar-refractivity contribution < 1.29 is 19.9 Å². The van der Waals surface area contributed by atoms with Gasteiger partial charge in [0.25, 0.3) is 0 Å². The van der Waals surface area contributed by atoms with Crippen LogP contribution in [0.25, 0.3) is 33.4 Å². The van der Waals surface area contributed by atoms with Crippen molar-refractivity contribution in [3.05, 3.63) is 336 Å². The average molecular weight is 1250 g/mol. The molecule has 0 amide bonds. The van der Waals surface area contributed by atoms with Gasteiger partial charge >= 0.3 is 7.12 Å². The first-order valence-electron chi connectivity index (χ1n) is 25.1. The van der Waals surface area contributed by atoms with Crippen LogP contribution in [0, 0.1) is 3.57 Å². The lowest BCUT2D eigenvalue weighted by molar-refractivity contribution is -0.0589. The lowest BCUT2D eigenvalue weighted by atomic mass is 9.78. The van der Waals surface area contributed by atoms with Gasteiger partial charge in [0, 0.05) is 25.5 Å². The number of halogens is 3. The van der Waals surface area contributed by atoms with E-state index in [1.807, 2.05) is 78.9 Å². The standard InChI is InChI=1S/C32H23Br.C26H21BO2.C6H4BrI.C4H8O2.CH4/c33-30-22-20-25(21-23-30)24-16-18-29(19-17-24)32(28-14-8-3-9-15-28)31(26-10-4-1-5-11-26)27-12-6-2-7-13-27;28-27(29)24-18-16-23(17-19-24)26(22-14-8-3-9-15-22)25(20-10-4-1-5-11-20)21-12-6-2-7-13-21;7-5-1-3-6(8)4-2-5;5-4-2-1-3-6-4;/h1-23H;1-19,28-29H;1-4H;4-5H,1-3H2;1H4. The summed E-state index contributed by atoms with van der Waals surface area (Å²) in [6.07, 6.45) is 1.38. The molecule has 1 aliphatic rings. The van der Waals surface area contributed by atoms with E-state index in [4.69, 9.17) is 9.84 Å². The molecule has 8 heteroatoms. The van der Waals surface area contributed by atoms with Crippen molar-refractivity contribution in [2.75, 3.05) is 6.61 Å². The number of hydrogen-bond acceptors (Lipinski definition) is 4. The van der Waals surface area contributed by atoms with Crippen LogP contribution in [0.5, 0.6) is 0 Å². The molecule has 0 saturated carbocycles. The van der Waals surface area contributed by atoms with Crippen molar-refractivity contribution in [3.8, 4) is 11.1 Å². The van der Waals surface area contributed by atoms with Crippen LogP contribution in [0.2, 0.25) is 0 Å². The van der Waals surface area contributed by atoms with Crippen LogP contribution in [0.15, 0.2) is 288 Å². The van der Waals surface area contributed by atoms with E-state index >= 15 is 0 Å². The zero-order valence-electron chi connectivity index (χ0n) is 41.7. The fourth-order valence-corrected chi connectivity index (χ4v) is 9.62. The van der Waals surface area contributed by atoms with Crippen molar-refractivity contribution in [3.63, 3.8) is 0 Å². The van der Waals surface area contributed by atoms with Gasteiger partial charge in [0.1, 0.15) is 0 Å². The van der Waals surface area contributed by atoms with Gasteiger partial charge in [-0.2, -0.15) is 0 Å². The van der Waals surface area contributed by atoms with Crippen molar-refractivity contribution in [1.29, 1.82) is 0 Å². The fraction of sp³-hybridized carbons (Fsp3) is 0.0725. The molecule has 1 heterocycles. The first-order valence-corrected chi connectivity index (χ1v) is 27.7. The molecule has 1 saturated heterocycles. The van der Waals surface area contributed by atoms with E-state index in [1.165, 1.54) is 48.1 Å². The highest BCUT2D eigenvalue weighted by atomic mass is 127. The molecule has 1 fully saturated rings. The second kappa shape index (κ2) is 30.3. The molecule has 77 heavy (non-hydrogen) atoms. The van der Waals surface area contributed by atoms with E-state index in [0.717, 1.165) is 61.8 Å². The average Bonchev–Trinajstić information content (AvgIpc) is 3.98. The van der Waals surface area contributed by atoms with Gasteiger partial charge in [-0.05, 0) is 149 Å². The zero-order chi connectivity index (χ0) is 52.9. The largest absolute Gasteiger partial charge is 0.488 e. The molecule has 0 aliphatic carbocycles. The van der Waals surface area contributed by atoms with E-state index in [1.54, 1.807) is 12.1 Å². The van der Waals surface area contributed by atoms with Crippen LogP contribution in [-0.4, -0.2) is 35.2 Å². The van der Waals surface area contributed by atoms with Gasteiger partial charge in [-0.25, -0.2) is 0 Å². The Bertz CT molecular complexity index is 3250. The maximum Gasteiger partial charge on any atom is 0.488 e. The van der Waals surface area contributed by atoms with E-state index in [0.29, 0.717) is 5.46 Å². The minimum absolute atomic E-state index is 0. The molecule has 10 aromatic rings. The fourth-order valence-electron chi connectivity index (χ4n) is 8.73. The van der Waals surface area contributed by atoms with Gasteiger partial charge in [0.05, 0.1) is 0 Å². The van der Waals surface area contributed by atoms with Gasteiger partial charge in [-0.1, -0.05) is 282 Å². The van der Waals surface area contributed by atoms with Crippen LogP contribution in [0.4, 0.5) is 0 Å². The summed E-state index contributed by atoms with van der Waals surface area (Å²) < 4.78 is 8.20. The highest BCUT2D eigenvalue weighted by Gasteiger charge is 2.19. The Kier molecular flexibility index (Phi) is 22.8. The van der Waals surface area contributed by atoms with E-state index in [9.17, 15) is 10.0 Å². The highest BCUT2D eigenvalue weighted by molar-refractivity contribution is 14.1. The third-order valence-electron chi connectivity index (χ3n) is 12.4. The van der Waals surface area contributed by atoms with Crippen LogP contribution in [-0.2, 0) is 4.74 Å². The SMILES string of the molecule is Brc1ccc(-c2ccc(C(=C(c3ccccc3)c3ccccc3)c3ccccc3)cc2)cc1.Brc1ccc(I)cc1.C.OB(O)c1ccc(C(=C(c2ccccc2)c2ccccc2)c2ccccc2)cc1.OC1CCCO1. The monoisotopic (exact) mass is 1250 g/mol. The summed E-state index contributed by atoms with van der Waals surface area (Å²) in [5, 5.41) is 27.5. The Morgan fingerprint density at radius 1 is 0.377 bits per heavy atom. The van der Waals surface area contributed by atoms with Gasteiger partial charge in [0.2, 0.25) is 0 Å². The minimum atomic E-state index is -1.48. The molecule has 0 spiro atoms. The Hall–Kier alpha value is -6.73. The zero-order valence-corrected chi connectivity index (χ0v) is 47.0. The molecular weight excluding hydrogens is 1190 g/mol. The topological polar surface area (TPSA) is 69.9 Å². The van der Waals surface area contributed by atoms with E-state index in [-0.39, 0.29) is 7.43 Å². The lowest BCUT2D eigenvalue weighted by Crippen LogP contribution is -2.29. The number of aliphatic hydroxyl groups excluding tert-OH is 1. The molecule has 11 rings (SSSR count). The molecule has 3 N–H and O–H groups in total. The molecule has 0 radical (unpaired) electrons. The number of ether oxygens (including phenoxy) is 1. The van der Waals surface area contributed by atoms with E-state index in [2.05, 4.69) is 243 Å². The summed E-state index contributed by atoms with van der Waals surface area (Å²) in [6, 6.07) is 96.0. The first-order chi connectivity index (χ1) is 37.2. The van der Waals surface area contributed by atoms with E-state index < -0.39 is 13.4 Å². The van der Waals surface area contributed by atoms with Crippen molar-refractivity contribution in [2.45, 2.75) is 26.6 Å². The summed E-state index contributed by atoms with van der Waals surface area (Å²) in [5.41, 5.74) is 16.8. The predicted molar refractivity (Wildman–Crippen MR) is 339 cm³/mol. The molecule has 4 nitrogen and oxygen atoms in total. The molecule has 384 valence electrons. The quantitative estimate of drug-likeness (QED) is 0.0725. The van der Waals surface area contributed by atoms with Crippen molar-refractivity contribution in [1.82, 2.24) is 0 Å². The second-order valence-electron chi connectivity index (χ2n) is 17.7. The Morgan fingerprint density at radius 3 is 0.870 bits per heavy atom. The minimum Gasteiger partial charge on any atom is -0.423 e. The van der Waals surface area contributed by atoms with Crippen LogP contribution < -0.4 is 5.46 Å². The summed E-state index contributed by atoms with van der Waals surface area (Å²) >= 11 is 9.15. The maximum atomic E-state index is 9.48. The van der Waals surface area contributed by atoms with Crippen LogP contribution in [0.3, 0.4) is 0 Å². The Labute approximate surface area is 485 Å². The maximum absolute atomic E-state index is 9.48. The lowest BCUT2D eigenvalue weighted by Gasteiger charge is -2.18. The van der Waals surface area contributed by atoms with Gasteiger partial charge < -0.3 is 19.9 Å².